The Labute approximate surface area is 220 Å². The van der Waals surface area contributed by atoms with Crippen LogP contribution in [0.2, 0.25) is 0 Å². The number of imidazole rings is 2. The predicted molar refractivity (Wildman–Crippen MR) is 140 cm³/mol. The van der Waals surface area contributed by atoms with Gasteiger partial charge in [0.2, 0.25) is 0 Å². The normalized spacial score (nSPS) is 14.6. The molecule has 0 unspecified atom stereocenters. The Morgan fingerprint density at radius 3 is 2.61 bits per heavy atom. The number of hydrogen-bond donors (Lipinski definition) is 1. The van der Waals surface area contributed by atoms with Gasteiger partial charge in [0.05, 0.1) is 42.5 Å². The average molecular weight is 544 g/mol. The van der Waals surface area contributed by atoms with E-state index in [0.29, 0.717) is 72.4 Å². The fourth-order valence-corrected chi connectivity index (χ4v) is 5.33. The van der Waals surface area contributed by atoms with Gasteiger partial charge in [0, 0.05) is 39.8 Å². The number of rotatable bonds is 8. The van der Waals surface area contributed by atoms with E-state index in [1.165, 1.54) is 26.6 Å². The molecule has 38 heavy (non-hydrogen) atoms. The van der Waals surface area contributed by atoms with E-state index in [4.69, 9.17) is 14.8 Å². The van der Waals surface area contributed by atoms with Gasteiger partial charge in [-0.2, -0.15) is 12.7 Å². The summed E-state index contributed by atoms with van der Waals surface area (Å²) in [5.74, 6) is 0.651. The first-order chi connectivity index (χ1) is 18.2. The fraction of sp³-hybridized carbons (Fsp3) is 0.400. The van der Waals surface area contributed by atoms with E-state index < -0.39 is 16.9 Å². The van der Waals surface area contributed by atoms with Crippen LogP contribution in [0.3, 0.4) is 0 Å². The topological polar surface area (TPSA) is 118 Å². The van der Waals surface area contributed by atoms with Gasteiger partial charge in [-0.25, -0.2) is 22.8 Å². The van der Waals surface area contributed by atoms with Crippen molar-refractivity contribution in [2.24, 2.45) is 0 Å². The monoisotopic (exact) mass is 543 g/mol. The van der Waals surface area contributed by atoms with E-state index >= 15 is 0 Å². The van der Waals surface area contributed by atoms with Crippen molar-refractivity contribution in [1.29, 1.82) is 0 Å². The van der Waals surface area contributed by atoms with Crippen LogP contribution in [0.1, 0.15) is 28.1 Å². The third-order valence-electron chi connectivity index (χ3n) is 6.86. The first kappa shape index (κ1) is 26.2. The van der Waals surface area contributed by atoms with Crippen LogP contribution >= 0.6 is 0 Å². The van der Waals surface area contributed by atoms with Crippen LogP contribution < -0.4 is 4.90 Å². The zero-order valence-electron chi connectivity index (χ0n) is 21.5. The minimum atomic E-state index is -3.76. The standard InChI is InChI=1S/C25H30FN7O4S/c1-17-18(5-4-6-19(17)13-26)11-23-22(15-34)28-25-20(21-14-32(16-27-21)38(35,36)30(2)3)12-24(29-33(23)25)31-7-9-37-10-8-31/h4-6,12,14,16,34H,7-11,13,15H2,1-3H3. The summed E-state index contributed by atoms with van der Waals surface area (Å²) in [6, 6.07) is 7.33. The molecule has 1 fully saturated rings. The summed E-state index contributed by atoms with van der Waals surface area (Å²) in [5, 5.41) is 15.1. The van der Waals surface area contributed by atoms with Gasteiger partial charge >= 0.3 is 10.2 Å². The van der Waals surface area contributed by atoms with Gasteiger partial charge in [-0.05, 0) is 29.7 Å². The lowest BCUT2D eigenvalue weighted by atomic mass is 9.99. The van der Waals surface area contributed by atoms with Crippen LogP contribution in [-0.2, 0) is 34.6 Å². The summed E-state index contributed by atoms with van der Waals surface area (Å²) in [6.07, 6.45) is 3.06. The largest absolute Gasteiger partial charge is 0.390 e. The number of fused-ring (bicyclic) bond motifs is 1. The molecule has 1 aliphatic rings. The second kappa shape index (κ2) is 10.4. The summed E-state index contributed by atoms with van der Waals surface area (Å²) >= 11 is 0. The Morgan fingerprint density at radius 1 is 1.18 bits per heavy atom. The molecule has 0 atom stereocenters. The molecule has 202 valence electrons. The molecule has 1 saturated heterocycles. The number of aromatic nitrogens is 5. The van der Waals surface area contributed by atoms with E-state index in [1.807, 2.05) is 25.1 Å². The Bertz CT molecular complexity index is 1580. The Balaban J connectivity index is 1.70. The number of aliphatic hydroxyl groups is 1. The van der Waals surface area contributed by atoms with Crippen LogP contribution in [0.4, 0.5) is 10.2 Å². The lowest BCUT2D eigenvalue weighted by Gasteiger charge is -2.28. The van der Waals surface area contributed by atoms with E-state index in [0.717, 1.165) is 19.4 Å². The zero-order chi connectivity index (χ0) is 27.0. The molecule has 11 nitrogen and oxygen atoms in total. The zero-order valence-corrected chi connectivity index (χ0v) is 22.3. The van der Waals surface area contributed by atoms with Crippen molar-refractivity contribution in [1.82, 2.24) is 27.9 Å². The highest BCUT2D eigenvalue weighted by molar-refractivity contribution is 7.87. The molecule has 0 aliphatic carbocycles. The molecule has 0 amide bonds. The van der Waals surface area contributed by atoms with Crippen LogP contribution in [0.25, 0.3) is 16.9 Å². The summed E-state index contributed by atoms with van der Waals surface area (Å²) in [5.41, 5.74) is 4.86. The van der Waals surface area contributed by atoms with Gasteiger partial charge in [0.1, 0.15) is 13.0 Å². The molecule has 0 spiro atoms. The minimum absolute atomic E-state index is 0.323. The molecule has 1 aromatic carbocycles. The number of morpholine rings is 1. The smallest absolute Gasteiger partial charge is 0.308 e. The number of anilines is 1. The van der Waals surface area contributed by atoms with Crippen molar-refractivity contribution in [2.75, 3.05) is 45.3 Å². The molecular weight excluding hydrogens is 513 g/mol. The number of hydrogen-bond acceptors (Lipinski definition) is 8. The van der Waals surface area contributed by atoms with Gasteiger partial charge in [-0.15, -0.1) is 5.10 Å². The molecule has 1 aliphatic heterocycles. The fourth-order valence-electron chi connectivity index (χ4n) is 4.55. The van der Waals surface area contributed by atoms with Gasteiger partial charge in [-0.1, -0.05) is 18.2 Å². The highest BCUT2D eigenvalue weighted by Crippen LogP contribution is 2.30. The first-order valence-corrected chi connectivity index (χ1v) is 13.6. The van der Waals surface area contributed by atoms with E-state index in [2.05, 4.69) is 9.88 Å². The molecule has 0 saturated carbocycles. The number of aliphatic hydroxyl groups excluding tert-OH is 1. The number of halogens is 1. The Kier molecular flexibility index (Phi) is 7.18. The Morgan fingerprint density at radius 2 is 1.92 bits per heavy atom. The summed E-state index contributed by atoms with van der Waals surface area (Å²) in [6.45, 7) is 3.36. The molecular formula is C25H30FN7O4S. The molecule has 5 rings (SSSR count). The molecule has 0 radical (unpaired) electrons. The summed E-state index contributed by atoms with van der Waals surface area (Å²) < 4.78 is 48.2. The van der Waals surface area contributed by atoms with Crippen LogP contribution in [-0.4, -0.2) is 81.8 Å². The Hall–Kier alpha value is -3.39. The molecule has 4 aromatic rings. The van der Waals surface area contributed by atoms with E-state index in [1.54, 1.807) is 10.6 Å². The third kappa shape index (κ3) is 4.66. The van der Waals surface area contributed by atoms with Crippen molar-refractivity contribution in [2.45, 2.75) is 26.6 Å². The molecule has 13 heteroatoms. The van der Waals surface area contributed by atoms with Crippen molar-refractivity contribution >= 4 is 21.7 Å². The van der Waals surface area contributed by atoms with E-state index in [-0.39, 0.29) is 6.61 Å². The van der Waals surface area contributed by atoms with Gasteiger partial charge in [0.25, 0.3) is 0 Å². The second-order valence-corrected chi connectivity index (χ2v) is 11.4. The van der Waals surface area contributed by atoms with Crippen molar-refractivity contribution in [3.8, 4) is 11.3 Å². The average Bonchev–Trinajstić information content (AvgIpc) is 3.55. The van der Waals surface area contributed by atoms with Gasteiger partial charge < -0.3 is 14.7 Å². The van der Waals surface area contributed by atoms with Crippen molar-refractivity contribution in [3.63, 3.8) is 0 Å². The van der Waals surface area contributed by atoms with Gasteiger partial charge in [-0.3, -0.25) is 0 Å². The number of alkyl halides is 1. The highest BCUT2D eigenvalue weighted by Gasteiger charge is 2.24. The highest BCUT2D eigenvalue weighted by atomic mass is 32.2. The van der Waals surface area contributed by atoms with Crippen LogP contribution in [0, 0.1) is 6.92 Å². The van der Waals surface area contributed by atoms with E-state index in [9.17, 15) is 17.9 Å². The summed E-state index contributed by atoms with van der Waals surface area (Å²) in [4.78, 5) is 11.2. The lowest BCUT2D eigenvalue weighted by Crippen LogP contribution is -2.37. The quantitative estimate of drug-likeness (QED) is 0.358. The maximum atomic E-state index is 13.5. The number of nitrogens with zero attached hydrogens (tertiary/aromatic N) is 7. The van der Waals surface area contributed by atoms with Crippen LogP contribution in [0.15, 0.2) is 36.8 Å². The lowest BCUT2D eigenvalue weighted by molar-refractivity contribution is 0.122. The van der Waals surface area contributed by atoms with Crippen molar-refractivity contribution < 1.29 is 22.7 Å². The van der Waals surface area contributed by atoms with Crippen molar-refractivity contribution in [3.05, 3.63) is 64.9 Å². The minimum Gasteiger partial charge on any atom is -0.390 e. The molecule has 3 aromatic heterocycles. The maximum absolute atomic E-state index is 13.5. The number of ether oxygens (including phenoxy) is 1. The summed E-state index contributed by atoms with van der Waals surface area (Å²) in [7, 11) is -0.863. The van der Waals surface area contributed by atoms with Crippen LogP contribution in [0.5, 0.6) is 0 Å². The molecule has 4 heterocycles. The first-order valence-electron chi connectivity index (χ1n) is 12.2. The number of benzene rings is 1. The molecule has 1 N–H and O–H groups in total. The van der Waals surface area contributed by atoms with Gasteiger partial charge in [0.15, 0.2) is 11.5 Å². The third-order valence-corrected chi connectivity index (χ3v) is 8.51. The SMILES string of the molecule is Cc1c(CF)cccc1Cc1c(CO)nc2c(-c3cn(S(=O)(=O)N(C)C)cn3)cc(N3CCOCC3)nn12. The second-order valence-electron chi connectivity index (χ2n) is 9.31. The maximum Gasteiger partial charge on any atom is 0.308 e. The predicted octanol–water partition coefficient (Wildman–Crippen LogP) is 1.94. The molecule has 0 bridgehead atoms.